The lowest BCUT2D eigenvalue weighted by molar-refractivity contribution is 0.133. The van der Waals surface area contributed by atoms with Gasteiger partial charge in [-0.25, -0.2) is 13.9 Å². The van der Waals surface area contributed by atoms with Crippen LogP contribution in [0.1, 0.15) is 37.4 Å². The number of aliphatic hydroxyl groups is 1. The van der Waals surface area contributed by atoms with Crippen LogP contribution in [-0.2, 0) is 6.42 Å². The molecule has 1 unspecified atom stereocenters. The maximum atomic E-state index is 14.7. The number of aromatic nitrogens is 4. The third-order valence-electron chi connectivity index (χ3n) is 4.88. The van der Waals surface area contributed by atoms with Gasteiger partial charge in [0.1, 0.15) is 12.7 Å². The number of rotatable bonds is 12. The van der Waals surface area contributed by atoms with Crippen LogP contribution in [0.2, 0.25) is 0 Å². The summed E-state index contributed by atoms with van der Waals surface area (Å²) in [5.74, 6) is -2.09. The number of nitrogens with zero attached hydrogens (tertiary/aromatic N) is 4. The first kappa shape index (κ1) is 23.6. The Hall–Kier alpha value is -3.05. The molecule has 0 aliphatic carbocycles. The molecule has 0 saturated heterocycles. The maximum Gasteiger partial charge on any atom is 0.336 e. The number of anilines is 1. The fourth-order valence-corrected chi connectivity index (χ4v) is 3.25. The minimum atomic E-state index is -1.04. The van der Waals surface area contributed by atoms with Gasteiger partial charge in [0.2, 0.25) is 5.82 Å². The summed E-state index contributed by atoms with van der Waals surface area (Å²) in [4.78, 5) is 8.32. The molecule has 0 amide bonds. The molecule has 1 aromatic carbocycles. The van der Waals surface area contributed by atoms with E-state index < -0.39 is 11.6 Å². The molecule has 0 radical (unpaired) electrons. The standard InChI is InChI=1S/C21H28F2N6O3/c1-3-4-15(7-9-30)32-21-27-19(24)20-26-12-14(29(20)28-21)11-13-5-6-16(18(23)17(13)22)31-10-8-25-2/h5-6,12,15,25,30H,3-4,7-11H2,1-2H3,(H2,24,27,28). The number of ether oxygens (including phenoxy) is 2. The van der Waals surface area contributed by atoms with E-state index in [1.807, 2.05) is 6.92 Å². The van der Waals surface area contributed by atoms with Crippen molar-refractivity contribution in [2.45, 2.75) is 38.7 Å². The maximum absolute atomic E-state index is 14.7. The van der Waals surface area contributed by atoms with E-state index in [4.69, 9.17) is 15.2 Å². The largest absolute Gasteiger partial charge is 0.489 e. The van der Waals surface area contributed by atoms with Crippen LogP contribution in [0.5, 0.6) is 11.8 Å². The number of nitrogens with two attached hydrogens (primary N) is 1. The number of imidazole rings is 1. The summed E-state index contributed by atoms with van der Waals surface area (Å²) in [5, 5.41) is 16.4. The first-order valence-electron chi connectivity index (χ1n) is 10.5. The fourth-order valence-electron chi connectivity index (χ4n) is 3.25. The van der Waals surface area contributed by atoms with E-state index in [0.29, 0.717) is 25.1 Å². The van der Waals surface area contributed by atoms with Crippen molar-refractivity contribution >= 4 is 11.5 Å². The zero-order chi connectivity index (χ0) is 23.1. The monoisotopic (exact) mass is 450 g/mol. The van der Waals surface area contributed by atoms with Crippen molar-refractivity contribution in [3.05, 3.63) is 41.2 Å². The summed E-state index contributed by atoms with van der Waals surface area (Å²) in [5.41, 5.74) is 6.89. The molecule has 2 heterocycles. The van der Waals surface area contributed by atoms with Gasteiger partial charge in [-0.05, 0) is 25.1 Å². The van der Waals surface area contributed by atoms with E-state index in [2.05, 4.69) is 20.4 Å². The van der Waals surface area contributed by atoms with Crippen LogP contribution >= 0.6 is 0 Å². The number of hydrogen-bond acceptors (Lipinski definition) is 8. The number of nitrogen functional groups attached to an aromatic ring is 1. The summed E-state index contributed by atoms with van der Waals surface area (Å²) >= 11 is 0. The Morgan fingerprint density at radius 1 is 1.25 bits per heavy atom. The van der Waals surface area contributed by atoms with E-state index in [0.717, 1.165) is 6.42 Å². The van der Waals surface area contributed by atoms with Gasteiger partial charge in [-0.3, -0.25) is 0 Å². The topological polar surface area (TPSA) is 120 Å². The van der Waals surface area contributed by atoms with E-state index in [-0.39, 0.29) is 54.5 Å². The molecule has 0 saturated carbocycles. The van der Waals surface area contributed by atoms with Gasteiger partial charge in [-0.2, -0.15) is 9.37 Å². The first-order valence-corrected chi connectivity index (χ1v) is 10.5. The van der Waals surface area contributed by atoms with Gasteiger partial charge in [0.05, 0.1) is 11.9 Å². The van der Waals surface area contributed by atoms with Crippen LogP contribution < -0.4 is 20.5 Å². The Bertz CT molecular complexity index is 1040. The average Bonchev–Trinajstić information content (AvgIpc) is 3.17. The number of nitrogens with one attached hydrogen (secondary N) is 1. The van der Waals surface area contributed by atoms with Gasteiger partial charge in [0.15, 0.2) is 23.0 Å². The van der Waals surface area contributed by atoms with Gasteiger partial charge < -0.3 is 25.6 Å². The minimum absolute atomic E-state index is 0.0195. The predicted molar refractivity (Wildman–Crippen MR) is 115 cm³/mol. The normalized spacial score (nSPS) is 12.3. The quantitative estimate of drug-likeness (QED) is 0.359. The molecule has 4 N–H and O–H groups in total. The molecule has 9 nitrogen and oxygen atoms in total. The highest BCUT2D eigenvalue weighted by atomic mass is 19.2. The Labute approximate surface area is 184 Å². The molecule has 0 spiro atoms. The van der Waals surface area contributed by atoms with Crippen LogP contribution in [0.3, 0.4) is 0 Å². The summed E-state index contributed by atoms with van der Waals surface area (Å²) in [6.45, 7) is 2.70. The molecule has 32 heavy (non-hydrogen) atoms. The molecule has 1 atom stereocenters. The van der Waals surface area contributed by atoms with Gasteiger partial charge in [-0.1, -0.05) is 19.4 Å². The van der Waals surface area contributed by atoms with Crippen LogP contribution in [0.15, 0.2) is 18.3 Å². The number of likely N-dealkylation sites (N-methyl/N-ethyl adjacent to an activating group) is 1. The molecule has 174 valence electrons. The van der Waals surface area contributed by atoms with E-state index in [9.17, 15) is 13.9 Å². The SMILES string of the molecule is CCCC(CCO)Oc1nc(N)c2ncc(Cc3ccc(OCCNC)c(F)c3F)n2n1. The number of fused-ring (bicyclic) bond motifs is 1. The fraction of sp³-hybridized carbons (Fsp3) is 0.476. The molecule has 0 aliphatic heterocycles. The number of halogens is 2. The summed E-state index contributed by atoms with van der Waals surface area (Å²) in [7, 11) is 1.74. The van der Waals surface area contributed by atoms with Gasteiger partial charge in [-0.15, -0.1) is 5.10 Å². The molecule has 3 aromatic rings. The second-order valence-corrected chi connectivity index (χ2v) is 7.28. The second-order valence-electron chi connectivity index (χ2n) is 7.28. The Morgan fingerprint density at radius 2 is 2.06 bits per heavy atom. The van der Waals surface area contributed by atoms with Crippen molar-refractivity contribution in [3.63, 3.8) is 0 Å². The lowest BCUT2D eigenvalue weighted by Crippen LogP contribution is -2.20. The van der Waals surface area contributed by atoms with Crippen LogP contribution in [-0.4, -0.2) is 57.6 Å². The smallest absolute Gasteiger partial charge is 0.336 e. The van der Waals surface area contributed by atoms with Crippen molar-refractivity contribution in [2.24, 2.45) is 0 Å². The third-order valence-corrected chi connectivity index (χ3v) is 4.88. The number of hydrogen-bond donors (Lipinski definition) is 3. The summed E-state index contributed by atoms with van der Waals surface area (Å²) < 4.78 is 41.5. The van der Waals surface area contributed by atoms with Crippen molar-refractivity contribution < 1.29 is 23.4 Å². The summed E-state index contributed by atoms with van der Waals surface area (Å²) in [6.07, 6.45) is 3.24. The first-order chi connectivity index (χ1) is 15.5. The zero-order valence-corrected chi connectivity index (χ0v) is 18.1. The average molecular weight is 450 g/mol. The molecule has 2 aromatic heterocycles. The number of benzene rings is 1. The van der Waals surface area contributed by atoms with Crippen LogP contribution in [0, 0.1) is 11.6 Å². The lowest BCUT2D eigenvalue weighted by atomic mass is 10.1. The van der Waals surface area contributed by atoms with E-state index in [1.165, 1.54) is 22.8 Å². The molecular formula is C21H28F2N6O3. The predicted octanol–water partition coefficient (Wildman–Crippen LogP) is 2.10. The van der Waals surface area contributed by atoms with E-state index >= 15 is 0 Å². The third kappa shape index (κ3) is 5.40. The minimum Gasteiger partial charge on any atom is -0.489 e. The zero-order valence-electron chi connectivity index (χ0n) is 18.1. The van der Waals surface area contributed by atoms with Gasteiger partial charge >= 0.3 is 6.01 Å². The highest BCUT2D eigenvalue weighted by molar-refractivity contribution is 5.59. The molecule has 11 heteroatoms. The van der Waals surface area contributed by atoms with Gasteiger partial charge in [0.25, 0.3) is 0 Å². The second kappa shape index (κ2) is 11.0. The van der Waals surface area contributed by atoms with Crippen molar-refractivity contribution in [3.8, 4) is 11.8 Å². The Morgan fingerprint density at radius 3 is 2.78 bits per heavy atom. The molecule has 3 rings (SSSR count). The van der Waals surface area contributed by atoms with Crippen molar-refractivity contribution in [2.75, 3.05) is 32.5 Å². The van der Waals surface area contributed by atoms with Crippen molar-refractivity contribution in [1.82, 2.24) is 24.9 Å². The van der Waals surface area contributed by atoms with Gasteiger partial charge in [0, 0.05) is 26.0 Å². The number of aliphatic hydroxyl groups excluding tert-OH is 1. The molecular weight excluding hydrogens is 422 g/mol. The Kier molecular flexibility index (Phi) is 8.12. The molecule has 0 bridgehead atoms. The highest BCUT2D eigenvalue weighted by Gasteiger charge is 2.19. The summed E-state index contributed by atoms with van der Waals surface area (Å²) in [6, 6.07) is 2.89. The van der Waals surface area contributed by atoms with Crippen LogP contribution in [0.4, 0.5) is 14.6 Å². The van der Waals surface area contributed by atoms with Crippen molar-refractivity contribution in [1.29, 1.82) is 0 Å². The Balaban J connectivity index is 1.86. The van der Waals surface area contributed by atoms with E-state index in [1.54, 1.807) is 7.05 Å². The molecule has 0 fully saturated rings. The van der Waals surface area contributed by atoms with Crippen LogP contribution in [0.25, 0.3) is 5.65 Å². The lowest BCUT2D eigenvalue weighted by Gasteiger charge is -2.16. The highest BCUT2D eigenvalue weighted by Crippen LogP contribution is 2.25. The molecule has 0 aliphatic rings.